The Balaban J connectivity index is 2.33. The number of rotatable bonds is 4. The Bertz CT molecular complexity index is 234. The van der Waals surface area contributed by atoms with E-state index in [1.807, 2.05) is 5.38 Å². The lowest BCUT2D eigenvalue weighted by atomic mass is 10.3. The van der Waals surface area contributed by atoms with E-state index in [9.17, 15) is 0 Å². The minimum atomic E-state index is 0.671. The van der Waals surface area contributed by atoms with Crippen LogP contribution < -0.4 is 5.73 Å². The van der Waals surface area contributed by atoms with Crippen molar-refractivity contribution in [3.05, 3.63) is 11.1 Å². The Morgan fingerprint density at radius 1 is 1.67 bits per heavy atom. The quantitative estimate of drug-likeness (QED) is 0.767. The van der Waals surface area contributed by atoms with Crippen LogP contribution in [-0.4, -0.2) is 30.0 Å². The molecule has 12 heavy (non-hydrogen) atoms. The molecular formula is C8H15N3S. The van der Waals surface area contributed by atoms with Gasteiger partial charge in [0, 0.05) is 18.3 Å². The molecule has 1 aromatic heterocycles. The molecule has 1 rings (SSSR count). The maximum Gasteiger partial charge on any atom is 0.180 e. The van der Waals surface area contributed by atoms with E-state index in [0.717, 1.165) is 25.2 Å². The van der Waals surface area contributed by atoms with Crippen LogP contribution in [0.1, 0.15) is 12.6 Å². The fourth-order valence-corrected chi connectivity index (χ4v) is 1.50. The molecule has 0 radical (unpaired) electrons. The molecule has 2 N–H and O–H groups in total. The summed E-state index contributed by atoms with van der Waals surface area (Å²) < 4.78 is 0. The lowest BCUT2D eigenvalue weighted by molar-refractivity contribution is 0.356. The lowest BCUT2D eigenvalue weighted by Crippen LogP contribution is -2.20. The molecule has 3 nitrogen and oxygen atoms in total. The van der Waals surface area contributed by atoms with Crippen molar-refractivity contribution in [1.29, 1.82) is 0 Å². The van der Waals surface area contributed by atoms with Gasteiger partial charge in [0.15, 0.2) is 5.13 Å². The molecule has 0 saturated heterocycles. The standard InChI is InChI=1S/C8H15N3S/c1-3-11(2)5-4-7-6-12-8(9)10-7/h6H,3-5H2,1-2H3,(H2,9,10). The summed E-state index contributed by atoms with van der Waals surface area (Å²) in [5.41, 5.74) is 6.62. The van der Waals surface area contributed by atoms with Gasteiger partial charge in [0.1, 0.15) is 0 Å². The molecule has 4 heteroatoms. The van der Waals surface area contributed by atoms with Crippen LogP contribution in [-0.2, 0) is 6.42 Å². The smallest absolute Gasteiger partial charge is 0.180 e. The van der Waals surface area contributed by atoms with E-state index >= 15 is 0 Å². The summed E-state index contributed by atoms with van der Waals surface area (Å²) >= 11 is 1.51. The number of thiazole rings is 1. The van der Waals surface area contributed by atoms with E-state index in [1.165, 1.54) is 11.3 Å². The van der Waals surface area contributed by atoms with Gasteiger partial charge >= 0.3 is 0 Å². The molecule has 0 aromatic carbocycles. The molecular weight excluding hydrogens is 170 g/mol. The number of anilines is 1. The average Bonchev–Trinajstić information content (AvgIpc) is 2.47. The van der Waals surface area contributed by atoms with Gasteiger partial charge in [-0.25, -0.2) is 4.98 Å². The van der Waals surface area contributed by atoms with Crippen molar-refractivity contribution in [2.75, 3.05) is 25.9 Å². The van der Waals surface area contributed by atoms with Crippen LogP contribution in [0.4, 0.5) is 5.13 Å². The van der Waals surface area contributed by atoms with Crippen molar-refractivity contribution >= 4 is 16.5 Å². The van der Waals surface area contributed by atoms with Crippen LogP contribution in [0.5, 0.6) is 0 Å². The molecule has 1 aromatic rings. The van der Waals surface area contributed by atoms with Crippen molar-refractivity contribution in [2.45, 2.75) is 13.3 Å². The molecule has 0 spiro atoms. The number of hydrogen-bond donors (Lipinski definition) is 1. The maximum atomic E-state index is 5.51. The Hall–Kier alpha value is -0.610. The van der Waals surface area contributed by atoms with Gasteiger partial charge in [0.05, 0.1) is 5.69 Å². The molecule has 0 aliphatic rings. The van der Waals surface area contributed by atoms with Crippen molar-refractivity contribution in [1.82, 2.24) is 9.88 Å². The number of aromatic nitrogens is 1. The third-order valence-electron chi connectivity index (χ3n) is 1.86. The number of nitrogen functional groups attached to an aromatic ring is 1. The van der Waals surface area contributed by atoms with Gasteiger partial charge in [-0.2, -0.15) is 0 Å². The van der Waals surface area contributed by atoms with Gasteiger partial charge in [0.2, 0.25) is 0 Å². The first-order valence-corrected chi connectivity index (χ1v) is 4.98. The van der Waals surface area contributed by atoms with Gasteiger partial charge in [0.25, 0.3) is 0 Å². The van der Waals surface area contributed by atoms with E-state index < -0.39 is 0 Å². The number of nitrogens with zero attached hydrogens (tertiary/aromatic N) is 2. The zero-order chi connectivity index (χ0) is 8.97. The molecule has 0 bridgehead atoms. The molecule has 1 heterocycles. The van der Waals surface area contributed by atoms with E-state index in [2.05, 4.69) is 23.9 Å². The predicted octanol–water partition coefficient (Wildman–Crippen LogP) is 1.22. The highest BCUT2D eigenvalue weighted by atomic mass is 32.1. The summed E-state index contributed by atoms with van der Waals surface area (Å²) in [5, 5.41) is 2.70. The first kappa shape index (κ1) is 9.48. The summed E-state index contributed by atoms with van der Waals surface area (Å²) in [4.78, 5) is 6.45. The van der Waals surface area contributed by atoms with Gasteiger partial charge in [-0.3, -0.25) is 0 Å². The van der Waals surface area contributed by atoms with E-state index in [1.54, 1.807) is 0 Å². The summed E-state index contributed by atoms with van der Waals surface area (Å²) in [6, 6.07) is 0. The van der Waals surface area contributed by atoms with E-state index in [4.69, 9.17) is 5.73 Å². The Morgan fingerprint density at radius 2 is 2.42 bits per heavy atom. The topological polar surface area (TPSA) is 42.1 Å². The third-order valence-corrected chi connectivity index (χ3v) is 2.58. The second-order valence-corrected chi connectivity index (χ2v) is 3.71. The average molecular weight is 185 g/mol. The van der Waals surface area contributed by atoms with Crippen LogP contribution >= 0.6 is 11.3 Å². The van der Waals surface area contributed by atoms with E-state index in [0.29, 0.717) is 5.13 Å². The molecule has 0 aliphatic heterocycles. The molecule has 68 valence electrons. The lowest BCUT2D eigenvalue weighted by Gasteiger charge is -2.11. The SMILES string of the molecule is CCN(C)CCc1csc(N)n1. The Morgan fingerprint density at radius 3 is 2.92 bits per heavy atom. The monoisotopic (exact) mass is 185 g/mol. The molecule has 0 amide bonds. The van der Waals surface area contributed by atoms with Crippen molar-refractivity contribution < 1.29 is 0 Å². The van der Waals surface area contributed by atoms with Gasteiger partial charge in [-0.1, -0.05) is 6.92 Å². The van der Waals surface area contributed by atoms with Crippen molar-refractivity contribution in [2.24, 2.45) is 0 Å². The largest absolute Gasteiger partial charge is 0.375 e. The van der Waals surface area contributed by atoms with Crippen molar-refractivity contribution in [3.8, 4) is 0 Å². The molecule has 0 unspecified atom stereocenters. The highest BCUT2D eigenvalue weighted by Crippen LogP contribution is 2.11. The summed E-state index contributed by atoms with van der Waals surface area (Å²) in [6.45, 7) is 4.29. The predicted molar refractivity (Wildman–Crippen MR) is 53.4 cm³/mol. The zero-order valence-corrected chi connectivity index (χ0v) is 8.40. The van der Waals surface area contributed by atoms with Gasteiger partial charge in [-0.05, 0) is 13.6 Å². The summed E-state index contributed by atoms with van der Waals surface area (Å²) in [7, 11) is 2.11. The minimum absolute atomic E-state index is 0.671. The van der Waals surface area contributed by atoms with E-state index in [-0.39, 0.29) is 0 Å². The van der Waals surface area contributed by atoms with Crippen LogP contribution in [0, 0.1) is 0 Å². The first-order chi connectivity index (χ1) is 5.72. The first-order valence-electron chi connectivity index (χ1n) is 4.10. The molecule has 0 aliphatic carbocycles. The highest BCUT2D eigenvalue weighted by Gasteiger charge is 2.00. The Labute approximate surface area is 77.2 Å². The van der Waals surface area contributed by atoms with Crippen LogP contribution in [0.3, 0.4) is 0 Å². The number of nitrogens with two attached hydrogens (primary N) is 1. The van der Waals surface area contributed by atoms with Gasteiger partial charge < -0.3 is 10.6 Å². The minimum Gasteiger partial charge on any atom is -0.375 e. The normalized spacial score (nSPS) is 10.9. The fraction of sp³-hybridized carbons (Fsp3) is 0.625. The maximum absolute atomic E-state index is 5.51. The summed E-state index contributed by atoms with van der Waals surface area (Å²) in [6.07, 6.45) is 0.998. The molecule has 0 atom stereocenters. The van der Waals surface area contributed by atoms with Crippen LogP contribution in [0.15, 0.2) is 5.38 Å². The van der Waals surface area contributed by atoms with Gasteiger partial charge in [-0.15, -0.1) is 11.3 Å². The molecule has 0 fully saturated rings. The molecule has 0 saturated carbocycles. The highest BCUT2D eigenvalue weighted by molar-refractivity contribution is 7.13. The fourth-order valence-electron chi connectivity index (χ4n) is 0.901. The second kappa shape index (κ2) is 4.42. The third kappa shape index (κ3) is 2.79. The van der Waals surface area contributed by atoms with Crippen molar-refractivity contribution in [3.63, 3.8) is 0 Å². The van der Waals surface area contributed by atoms with Crippen LogP contribution in [0.25, 0.3) is 0 Å². The Kier molecular flexibility index (Phi) is 3.49. The zero-order valence-electron chi connectivity index (χ0n) is 7.58. The number of likely N-dealkylation sites (N-methyl/N-ethyl adjacent to an activating group) is 1. The number of hydrogen-bond acceptors (Lipinski definition) is 4. The summed E-state index contributed by atoms with van der Waals surface area (Å²) in [5.74, 6) is 0. The van der Waals surface area contributed by atoms with Crippen LogP contribution in [0.2, 0.25) is 0 Å². The second-order valence-electron chi connectivity index (χ2n) is 2.82.